The summed E-state index contributed by atoms with van der Waals surface area (Å²) < 4.78 is 0. The normalized spacial score (nSPS) is 12.2. The Kier molecular flexibility index (Phi) is 4.55. The molecule has 0 fully saturated rings. The molecule has 1 amide bonds. The van der Waals surface area contributed by atoms with Crippen LogP contribution in [0.3, 0.4) is 0 Å². The van der Waals surface area contributed by atoms with Crippen LogP contribution in [0.1, 0.15) is 12.6 Å². The summed E-state index contributed by atoms with van der Waals surface area (Å²) in [5.74, 6) is 1.13. The predicted molar refractivity (Wildman–Crippen MR) is 62.9 cm³/mol. The number of nitrogens with one attached hydrogen (secondary N) is 1. The zero-order valence-electron chi connectivity index (χ0n) is 9.15. The molecule has 0 aliphatic carbocycles. The van der Waals surface area contributed by atoms with E-state index in [1.165, 1.54) is 0 Å². The molecule has 1 aromatic heterocycles. The van der Waals surface area contributed by atoms with Crippen molar-refractivity contribution in [1.82, 2.24) is 9.97 Å². The number of nitrogens with zero attached hydrogens (tertiary/aromatic N) is 2. The molecule has 0 aromatic carbocycles. The van der Waals surface area contributed by atoms with Crippen LogP contribution in [0.25, 0.3) is 0 Å². The molecule has 0 aliphatic heterocycles. The summed E-state index contributed by atoms with van der Waals surface area (Å²) in [5, 5.41) is 2.69. The summed E-state index contributed by atoms with van der Waals surface area (Å²) in [6.45, 7) is 3.75. The number of thioether (sulfide) groups is 1. The lowest BCUT2D eigenvalue weighted by Gasteiger charge is -2.09. The van der Waals surface area contributed by atoms with Crippen LogP contribution in [0, 0.1) is 12.8 Å². The van der Waals surface area contributed by atoms with Crippen LogP contribution in [0.2, 0.25) is 0 Å². The maximum Gasteiger partial charge on any atom is 0.230 e. The fourth-order valence-corrected chi connectivity index (χ4v) is 1.72. The van der Waals surface area contributed by atoms with Gasteiger partial charge in [0.1, 0.15) is 0 Å². The first-order valence-electron chi connectivity index (χ1n) is 4.73. The first-order valence-corrected chi connectivity index (χ1v) is 6.12. The first kappa shape index (κ1) is 12.0. The van der Waals surface area contributed by atoms with Crippen molar-refractivity contribution in [1.29, 1.82) is 0 Å². The minimum absolute atomic E-state index is 0.0240. The summed E-state index contributed by atoms with van der Waals surface area (Å²) in [7, 11) is 0. The van der Waals surface area contributed by atoms with Crippen LogP contribution < -0.4 is 5.32 Å². The van der Waals surface area contributed by atoms with Crippen LogP contribution in [-0.4, -0.2) is 27.9 Å². The maximum absolute atomic E-state index is 11.6. The second-order valence-corrected chi connectivity index (χ2v) is 4.28. The summed E-state index contributed by atoms with van der Waals surface area (Å²) in [5.41, 5.74) is 0.845. The molecule has 4 nitrogen and oxygen atoms in total. The van der Waals surface area contributed by atoms with Gasteiger partial charge in [-0.15, -0.1) is 0 Å². The molecule has 5 heteroatoms. The molecule has 0 saturated heterocycles. The molecule has 0 aliphatic rings. The minimum Gasteiger partial charge on any atom is -0.294 e. The zero-order valence-corrected chi connectivity index (χ0v) is 9.97. The fourth-order valence-electron chi connectivity index (χ4n) is 1.07. The minimum atomic E-state index is -0.0325. The SMILES string of the molecule is CSC[C@H](C)C(=O)Nc1nccc(C)n1. The lowest BCUT2D eigenvalue weighted by molar-refractivity contribution is -0.118. The van der Waals surface area contributed by atoms with Crippen molar-refractivity contribution in [2.24, 2.45) is 5.92 Å². The Morgan fingerprint density at radius 3 is 3.00 bits per heavy atom. The van der Waals surface area contributed by atoms with E-state index in [0.717, 1.165) is 11.4 Å². The van der Waals surface area contributed by atoms with Crippen molar-refractivity contribution in [3.05, 3.63) is 18.0 Å². The van der Waals surface area contributed by atoms with E-state index in [-0.39, 0.29) is 11.8 Å². The largest absolute Gasteiger partial charge is 0.294 e. The fraction of sp³-hybridized carbons (Fsp3) is 0.500. The van der Waals surface area contributed by atoms with Crippen LogP contribution in [0.5, 0.6) is 0 Å². The molecule has 1 rings (SSSR count). The maximum atomic E-state index is 11.6. The Hall–Kier alpha value is -1.10. The lowest BCUT2D eigenvalue weighted by atomic mass is 10.2. The van der Waals surface area contributed by atoms with E-state index in [9.17, 15) is 4.79 Å². The standard InChI is InChI=1S/C10H15N3OS/c1-7(6-15-3)9(14)13-10-11-5-4-8(2)12-10/h4-5,7H,6H2,1-3H3,(H,11,12,13,14)/t7-/m0/s1. The smallest absolute Gasteiger partial charge is 0.230 e. The average Bonchev–Trinajstić information content (AvgIpc) is 2.18. The van der Waals surface area contributed by atoms with Crippen molar-refractivity contribution in [2.75, 3.05) is 17.3 Å². The van der Waals surface area contributed by atoms with Crippen molar-refractivity contribution in [3.63, 3.8) is 0 Å². The number of carbonyl (C=O) groups is 1. The van der Waals surface area contributed by atoms with E-state index in [1.807, 2.05) is 20.1 Å². The first-order chi connectivity index (χ1) is 7.13. The Bertz CT molecular complexity index is 343. The van der Waals surface area contributed by atoms with Gasteiger partial charge in [-0.1, -0.05) is 6.92 Å². The highest BCUT2D eigenvalue weighted by Gasteiger charge is 2.13. The topological polar surface area (TPSA) is 54.9 Å². The highest BCUT2D eigenvalue weighted by molar-refractivity contribution is 7.98. The van der Waals surface area contributed by atoms with Gasteiger partial charge in [0.25, 0.3) is 0 Å². The van der Waals surface area contributed by atoms with Gasteiger partial charge in [-0.25, -0.2) is 9.97 Å². The molecule has 0 spiro atoms. The molecule has 15 heavy (non-hydrogen) atoms. The number of amides is 1. The number of hydrogen-bond acceptors (Lipinski definition) is 4. The van der Waals surface area contributed by atoms with Gasteiger partial charge in [-0.05, 0) is 19.2 Å². The van der Waals surface area contributed by atoms with E-state index in [4.69, 9.17) is 0 Å². The molecular weight excluding hydrogens is 210 g/mol. The molecule has 0 radical (unpaired) electrons. The molecule has 0 unspecified atom stereocenters. The summed E-state index contributed by atoms with van der Waals surface area (Å²) in [4.78, 5) is 19.7. The summed E-state index contributed by atoms with van der Waals surface area (Å²) in [6, 6.07) is 1.79. The van der Waals surface area contributed by atoms with E-state index < -0.39 is 0 Å². The molecule has 1 aromatic rings. The second-order valence-electron chi connectivity index (χ2n) is 3.37. The van der Waals surface area contributed by atoms with Crippen LogP contribution in [-0.2, 0) is 4.79 Å². The number of carbonyl (C=O) groups excluding carboxylic acids is 1. The van der Waals surface area contributed by atoms with Gasteiger partial charge in [0.2, 0.25) is 11.9 Å². The number of rotatable bonds is 4. The number of aryl methyl sites for hydroxylation is 1. The van der Waals surface area contributed by atoms with Gasteiger partial charge in [0.05, 0.1) is 0 Å². The third-order valence-corrected chi connectivity index (χ3v) is 2.73. The van der Waals surface area contributed by atoms with Gasteiger partial charge < -0.3 is 0 Å². The lowest BCUT2D eigenvalue weighted by Crippen LogP contribution is -2.23. The molecular formula is C10H15N3OS. The van der Waals surface area contributed by atoms with E-state index in [1.54, 1.807) is 24.0 Å². The molecule has 82 valence electrons. The van der Waals surface area contributed by atoms with Crippen molar-refractivity contribution >= 4 is 23.6 Å². The third-order valence-electron chi connectivity index (χ3n) is 1.89. The molecule has 0 saturated carbocycles. The molecule has 0 bridgehead atoms. The quantitative estimate of drug-likeness (QED) is 0.847. The van der Waals surface area contributed by atoms with Crippen molar-refractivity contribution in [2.45, 2.75) is 13.8 Å². The number of aromatic nitrogens is 2. The highest BCUT2D eigenvalue weighted by Crippen LogP contribution is 2.07. The van der Waals surface area contributed by atoms with Gasteiger partial charge in [0.15, 0.2) is 0 Å². The summed E-state index contributed by atoms with van der Waals surface area (Å²) >= 11 is 1.65. The Balaban J connectivity index is 2.58. The predicted octanol–water partition coefficient (Wildman–Crippen LogP) is 1.72. The molecule has 1 N–H and O–H groups in total. The van der Waals surface area contributed by atoms with Crippen LogP contribution >= 0.6 is 11.8 Å². The monoisotopic (exact) mass is 225 g/mol. The van der Waals surface area contributed by atoms with Crippen LogP contribution in [0.4, 0.5) is 5.95 Å². The number of hydrogen-bond donors (Lipinski definition) is 1. The Morgan fingerprint density at radius 2 is 2.40 bits per heavy atom. The Morgan fingerprint density at radius 1 is 1.67 bits per heavy atom. The highest BCUT2D eigenvalue weighted by atomic mass is 32.2. The van der Waals surface area contributed by atoms with Gasteiger partial charge in [-0.2, -0.15) is 11.8 Å². The van der Waals surface area contributed by atoms with Gasteiger partial charge in [-0.3, -0.25) is 10.1 Å². The molecule has 1 heterocycles. The van der Waals surface area contributed by atoms with Crippen molar-refractivity contribution < 1.29 is 4.79 Å². The Labute approximate surface area is 93.9 Å². The molecule has 1 atom stereocenters. The zero-order chi connectivity index (χ0) is 11.3. The van der Waals surface area contributed by atoms with Gasteiger partial charge >= 0.3 is 0 Å². The number of anilines is 1. The van der Waals surface area contributed by atoms with E-state index in [0.29, 0.717) is 5.95 Å². The second kappa shape index (κ2) is 5.70. The van der Waals surface area contributed by atoms with Crippen molar-refractivity contribution in [3.8, 4) is 0 Å². The third kappa shape index (κ3) is 3.87. The van der Waals surface area contributed by atoms with Crippen LogP contribution in [0.15, 0.2) is 12.3 Å². The van der Waals surface area contributed by atoms with E-state index in [2.05, 4.69) is 15.3 Å². The van der Waals surface area contributed by atoms with Gasteiger partial charge in [0, 0.05) is 23.6 Å². The van der Waals surface area contributed by atoms with E-state index >= 15 is 0 Å². The average molecular weight is 225 g/mol. The summed E-state index contributed by atoms with van der Waals surface area (Å²) in [6.07, 6.45) is 3.62.